The monoisotopic (exact) mass is 248 g/mol. The average Bonchev–Trinajstić information content (AvgIpc) is 2.32. The van der Waals surface area contributed by atoms with Crippen molar-refractivity contribution in [2.45, 2.75) is 27.2 Å². The molecule has 1 aliphatic rings. The first kappa shape index (κ1) is 12.9. The minimum atomic E-state index is -0.899. The molecule has 18 heavy (non-hydrogen) atoms. The Hall–Kier alpha value is -1.58. The van der Waals surface area contributed by atoms with Crippen LogP contribution in [0.25, 0.3) is 0 Å². The Labute approximate surface area is 108 Å². The van der Waals surface area contributed by atoms with Gasteiger partial charge in [-0.15, -0.1) is 0 Å². The molecule has 1 aromatic heterocycles. The van der Waals surface area contributed by atoms with E-state index in [1.807, 2.05) is 6.92 Å². The molecule has 0 saturated carbocycles. The van der Waals surface area contributed by atoms with Crippen LogP contribution in [-0.4, -0.2) is 29.1 Å². The first-order chi connectivity index (χ1) is 8.49. The zero-order valence-electron chi connectivity index (χ0n) is 11.2. The standard InChI is InChI=1S/C14H20N2O2/c1-9-6-7-16(8-10(9)2)13-12(14(17)18)5-4-11(3)15-13/h4-5,9-10H,6-8H2,1-3H3,(H,17,18). The summed E-state index contributed by atoms with van der Waals surface area (Å²) >= 11 is 0. The lowest BCUT2D eigenvalue weighted by molar-refractivity contribution is 0.0697. The van der Waals surface area contributed by atoms with Crippen LogP contribution in [0.5, 0.6) is 0 Å². The Morgan fingerprint density at radius 3 is 2.72 bits per heavy atom. The van der Waals surface area contributed by atoms with E-state index in [0.717, 1.165) is 25.2 Å². The quantitative estimate of drug-likeness (QED) is 0.874. The molecule has 4 heteroatoms. The molecule has 2 heterocycles. The normalized spacial score (nSPS) is 24.1. The number of pyridine rings is 1. The molecular formula is C14H20N2O2. The van der Waals surface area contributed by atoms with Gasteiger partial charge in [-0.05, 0) is 37.3 Å². The summed E-state index contributed by atoms with van der Waals surface area (Å²) in [5, 5.41) is 9.24. The van der Waals surface area contributed by atoms with Crippen molar-refractivity contribution in [2.75, 3.05) is 18.0 Å². The Bertz CT molecular complexity index is 459. The first-order valence-corrected chi connectivity index (χ1v) is 6.45. The maximum absolute atomic E-state index is 11.3. The van der Waals surface area contributed by atoms with Crippen molar-refractivity contribution in [3.63, 3.8) is 0 Å². The van der Waals surface area contributed by atoms with Crippen LogP contribution < -0.4 is 4.90 Å². The van der Waals surface area contributed by atoms with Crippen LogP contribution in [-0.2, 0) is 0 Å². The lowest BCUT2D eigenvalue weighted by atomic mass is 9.88. The Morgan fingerprint density at radius 1 is 1.39 bits per heavy atom. The number of piperidine rings is 1. The van der Waals surface area contributed by atoms with Gasteiger partial charge in [0, 0.05) is 18.8 Å². The lowest BCUT2D eigenvalue weighted by Gasteiger charge is -2.36. The van der Waals surface area contributed by atoms with Gasteiger partial charge in [0.05, 0.1) is 0 Å². The molecule has 2 unspecified atom stereocenters. The molecule has 0 bridgehead atoms. The number of hydrogen-bond acceptors (Lipinski definition) is 3. The molecule has 1 aliphatic heterocycles. The van der Waals surface area contributed by atoms with Crippen molar-refractivity contribution >= 4 is 11.8 Å². The highest BCUT2D eigenvalue weighted by molar-refractivity contribution is 5.93. The van der Waals surface area contributed by atoms with Crippen LogP contribution in [0.3, 0.4) is 0 Å². The van der Waals surface area contributed by atoms with E-state index in [1.165, 1.54) is 0 Å². The number of nitrogens with zero attached hydrogens (tertiary/aromatic N) is 2. The number of aromatic nitrogens is 1. The number of aromatic carboxylic acids is 1. The molecule has 0 spiro atoms. The van der Waals surface area contributed by atoms with Gasteiger partial charge in [0.2, 0.25) is 0 Å². The number of anilines is 1. The second-order valence-corrected chi connectivity index (χ2v) is 5.32. The fraction of sp³-hybridized carbons (Fsp3) is 0.571. The molecule has 0 amide bonds. The minimum absolute atomic E-state index is 0.308. The third-order valence-electron chi connectivity index (χ3n) is 3.88. The molecule has 98 valence electrons. The maximum atomic E-state index is 11.3. The van der Waals surface area contributed by atoms with Crippen molar-refractivity contribution in [1.82, 2.24) is 4.98 Å². The number of aryl methyl sites for hydroxylation is 1. The summed E-state index contributed by atoms with van der Waals surface area (Å²) in [6.45, 7) is 8.14. The highest BCUT2D eigenvalue weighted by Crippen LogP contribution is 2.28. The second kappa shape index (κ2) is 4.96. The number of rotatable bonds is 2. The molecule has 2 rings (SSSR count). The summed E-state index contributed by atoms with van der Waals surface area (Å²) in [5.41, 5.74) is 1.17. The molecule has 2 atom stereocenters. The van der Waals surface area contributed by atoms with Crippen LogP contribution in [0.2, 0.25) is 0 Å². The minimum Gasteiger partial charge on any atom is -0.478 e. The summed E-state index contributed by atoms with van der Waals surface area (Å²) in [4.78, 5) is 17.8. The van der Waals surface area contributed by atoms with Crippen LogP contribution >= 0.6 is 0 Å². The fourth-order valence-corrected chi connectivity index (χ4v) is 2.41. The number of carbonyl (C=O) groups is 1. The van der Waals surface area contributed by atoms with Crippen molar-refractivity contribution in [1.29, 1.82) is 0 Å². The molecular weight excluding hydrogens is 228 g/mol. The highest BCUT2D eigenvalue weighted by Gasteiger charge is 2.26. The van der Waals surface area contributed by atoms with Crippen LogP contribution in [0.15, 0.2) is 12.1 Å². The highest BCUT2D eigenvalue weighted by atomic mass is 16.4. The Kier molecular flexibility index (Phi) is 3.55. The average molecular weight is 248 g/mol. The van der Waals surface area contributed by atoms with Crippen LogP contribution in [0.4, 0.5) is 5.82 Å². The summed E-state index contributed by atoms with van der Waals surface area (Å²) in [7, 11) is 0. The zero-order valence-corrected chi connectivity index (χ0v) is 11.2. The molecule has 0 aliphatic carbocycles. The lowest BCUT2D eigenvalue weighted by Crippen LogP contribution is -2.39. The number of carboxylic acids is 1. The van der Waals surface area contributed by atoms with Crippen molar-refractivity contribution in [3.8, 4) is 0 Å². The molecule has 0 aromatic carbocycles. The van der Waals surface area contributed by atoms with Gasteiger partial charge in [-0.1, -0.05) is 13.8 Å². The smallest absolute Gasteiger partial charge is 0.339 e. The molecule has 1 saturated heterocycles. The summed E-state index contributed by atoms with van der Waals surface area (Å²) in [6.07, 6.45) is 1.09. The van der Waals surface area contributed by atoms with Crippen LogP contribution in [0.1, 0.15) is 36.3 Å². The fourth-order valence-electron chi connectivity index (χ4n) is 2.41. The predicted octanol–water partition coefficient (Wildman–Crippen LogP) is 2.57. The van der Waals surface area contributed by atoms with Gasteiger partial charge < -0.3 is 10.0 Å². The van der Waals surface area contributed by atoms with Crippen LogP contribution in [0, 0.1) is 18.8 Å². The Morgan fingerprint density at radius 2 is 2.11 bits per heavy atom. The van der Waals surface area contributed by atoms with Crippen molar-refractivity contribution in [2.24, 2.45) is 11.8 Å². The van der Waals surface area contributed by atoms with E-state index in [9.17, 15) is 9.90 Å². The largest absolute Gasteiger partial charge is 0.478 e. The van der Waals surface area contributed by atoms with Crippen molar-refractivity contribution < 1.29 is 9.90 Å². The molecule has 4 nitrogen and oxygen atoms in total. The van der Waals surface area contributed by atoms with Gasteiger partial charge in [0.25, 0.3) is 0 Å². The SMILES string of the molecule is Cc1ccc(C(=O)O)c(N2CCC(C)C(C)C2)n1. The zero-order chi connectivity index (χ0) is 13.3. The third kappa shape index (κ3) is 2.47. The summed E-state index contributed by atoms with van der Waals surface area (Å²) in [6, 6.07) is 3.41. The number of hydrogen-bond donors (Lipinski definition) is 1. The van der Waals surface area contributed by atoms with E-state index in [4.69, 9.17) is 0 Å². The van der Waals surface area contributed by atoms with Gasteiger partial charge >= 0.3 is 5.97 Å². The number of carboxylic acid groups (broad SMARTS) is 1. The van der Waals surface area contributed by atoms with E-state index >= 15 is 0 Å². The predicted molar refractivity (Wildman–Crippen MR) is 71.1 cm³/mol. The summed E-state index contributed by atoms with van der Waals surface area (Å²) < 4.78 is 0. The second-order valence-electron chi connectivity index (χ2n) is 5.32. The van der Waals surface area contributed by atoms with Gasteiger partial charge in [0.15, 0.2) is 0 Å². The van der Waals surface area contributed by atoms with Gasteiger partial charge in [-0.2, -0.15) is 0 Å². The third-order valence-corrected chi connectivity index (χ3v) is 3.88. The van der Waals surface area contributed by atoms with E-state index in [1.54, 1.807) is 12.1 Å². The summed E-state index contributed by atoms with van der Waals surface area (Å²) in [5.74, 6) is 0.993. The van der Waals surface area contributed by atoms with Gasteiger partial charge in [0.1, 0.15) is 11.4 Å². The van der Waals surface area contributed by atoms with Gasteiger partial charge in [-0.3, -0.25) is 0 Å². The molecule has 0 radical (unpaired) electrons. The van der Waals surface area contributed by atoms with E-state index in [2.05, 4.69) is 23.7 Å². The molecule has 1 aromatic rings. The maximum Gasteiger partial charge on any atom is 0.339 e. The topological polar surface area (TPSA) is 53.4 Å². The molecule has 1 fully saturated rings. The Balaban J connectivity index is 2.32. The first-order valence-electron chi connectivity index (χ1n) is 6.45. The van der Waals surface area contributed by atoms with E-state index < -0.39 is 5.97 Å². The van der Waals surface area contributed by atoms with E-state index in [-0.39, 0.29) is 0 Å². The molecule has 1 N–H and O–H groups in total. The van der Waals surface area contributed by atoms with Gasteiger partial charge in [-0.25, -0.2) is 9.78 Å². The van der Waals surface area contributed by atoms with E-state index in [0.29, 0.717) is 23.2 Å². The van der Waals surface area contributed by atoms with Crippen molar-refractivity contribution in [3.05, 3.63) is 23.4 Å².